The topological polar surface area (TPSA) is 80.9 Å². The van der Waals surface area contributed by atoms with Gasteiger partial charge in [0.2, 0.25) is 0 Å². The molecule has 0 fully saturated rings. The molecule has 0 heterocycles. The highest BCUT2D eigenvalue weighted by Gasteiger charge is 2.35. The van der Waals surface area contributed by atoms with E-state index < -0.39 is 5.41 Å². The average molecular weight is 565 g/mol. The number of hydrogen-bond donors (Lipinski definition) is 4. The second-order valence-electron chi connectivity index (χ2n) is 11.2. The van der Waals surface area contributed by atoms with Gasteiger partial charge in [-0.25, -0.2) is 0 Å². The molecule has 0 saturated carbocycles. The fourth-order valence-electron chi connectivity index (χ4n) is 5.86. The predicted molar refractivity (Wildman–Crippen MR) is 173 cm³/mol. The molecular weight excluding hydrogens is 532 g/mol. The molecule has 0 aliphatic heterocycles. The first-order valence-corrected chi connectivity index (χ1v) is 14.2. The van der Waals surface area contributed by atoms with Crippen molar-refractivity contribution in [3.05, 3.63) is 145 Å². The number of phenolic OH excluding ortho intramolecular Hbond substituents is 4. The number of benzene rings is 6. The van der Waals surface area contributed by atoms with E-state index in [1.807, 2.05) is 135 Å². The summed E-state index contributed by atoms with van der Waals surface area (Å²) in [5, 5.41) is 47.0. The maximum absolute atomic E-state index is 11.9. The molecule has 6 aromatic rings. The van der Waals surface area contributed by atoms with Crippen LogP contribution >= 0.6 is 0 Å². The van der Waals surface area contributed by atoms with Crippen molar-refractivity contribution in [3.63, 3.8) is 0 Å². The third-order valence-corrected chi connectivity index (χ3v) is 8.19. The van der Waals surface area contributed by atoms with Crippen LogP contribution in [0.15, 0.2) is 133 Å². The lowest BCUT2D eigenvalue weighted by atomic mass is 9.73. The minimum Gasteiger partial charge on any atom is -0.507 e. The van der Waals surface area contributed by atoms with E-state index in [-0.39, 0.29) is 23.0 Å². The Kier molecular flexibility index (Phi) is 7.12. The standard InChI is InChI=1S/C39H32O4/c1-39(2,31-23-29(25-15-7-3-8-16-25)35(40)33(37(31)42)27-19-11-5-12-20-27)32-24-30(26-17-9-4-10-18-26)36(41)34(38(32)43)28-21-13-6-14-22-28/h3-24,40-43H,1-2H3. The Hall–Kier alpha value is -5.48. The molecule has 0 saturated heterocycles. The van der Waals surface area contributed by atoms with Gasteiger partial charge in [0.15, 0.2) is 0 Å². The summed E-state index contributed by atoms with van der Waals surface area (Å²) < 4.78 is 0. The molecule has 4 N–H and O–H groups in total. The highest BCUT2D eigenvalue weighted by molar-refractivity contribution is 5.90. The molecule has 0 bridgehead atoms. The molecule has 0 unspecified atom stereocenters. The third kappa shape index (κ3) is 4.87. The minimum atomic E-state index is -0.990. The van der Waals surface area contributed by atoms with E-state index in [0.29, 0.717) is 44.5 Å². The molecule has 0 aromatic heterocycles. The SMILES string of the molecule is CC(C)(c1cc(-c2ccccc2)c(O)c(-c2ccccc2)c1O)c1cc(-c2ccccc2)c(O)c(-c2ccccc2)c1O. The van der Waals surface area contributed by atoms with Gasteiger partial charge in [0.1, 0.15) is 23.0 Å². The molecule has 0 amide bonds. The van der Waals surface area contributed by atoms with E-state index in [4.69, 9.17) is 0 Å². The van der Waals surface area contributed by atoms with E-state index in [0.717, 1.165) is 11.1 Å². The van der Waals surface area contributed by atoms with Crippen LogP contribution in [0.25, 0.3) is 44.5 Å². The first kappa shape index (κ1) is 27.7. The van der Waals surface area contributed by atoms with Crippen LogP contribution in [0, 0.1) is 0 Å². The number of phenols is 4. The van der Waals surface area contributed by atoms with Gasteiger partial charge in [0.25, 0.3) is 0 Å². The quantitative estimate of drug-likeness (QED) is 0.162. The summed E-state index contributed by atoms with van der Waals surface area (Å²) in [6, 6.07) is 41.3. The third-order valence-electron chi connectivity index (χ3n) is 8.19. The van der Waals surface area contributed by atoms with Crippen LogP contribution in [0.2, 0.25) is 0 Å². The van der Waals surface area contributed by atoms with Crippen molar-refractivity contribution in [3.8, 4) is 67.5 Å². The zero-order valence-electron chi connectivity index (χ0n) is 24.0. The van der Waals surface area contributed by atoms with Crippen LogP contribution in [0.3, 0.4) is 0 Å². The minimum absolute atomic E-state index is 0.0284. The average Bonchev–Trinajstić information content (AvgIpc) is 3.03. The molecule has 0 aliphatic rings. The lowest BCUT2D eigenvalue weighted by Gasteiger charge is -2.31. The summed E-state index contributed by atoms with van der Waals surface area (Å²) >= 11 is 0. The normalized spacial score (nSPS) is 11.4. The second-order valence-corrected chi connectivity index (χ2v) is 11.2. The highest BCUT2D eigenvalue weighted by Crippen LogP contribution is 2.54. The fourth-order valence-corrected chi connectivity index (χ4v) is 5.86. The summed E-state index contributed by atoms with van der Waals surface area (Å²) in [7, 11) is 0. The first-order valence-electron chi connectivity index (χ1n) is 14.2. The van der Waals surface area contributed by atoms with Crippen molar-refractivity contribution < 1.29 is 20.4 Å². The summed E-state index contributed by atoms with van der Waals surface area (Å²) in [6.45, 7) is 3.86. The molecule has 43 heavy (non-hydrogen) atoms. The lowest BCUT2D eigenvalue weighted by molar-refractivity contribution is 0.426. The van der Waals surface area contributed by atoms with E-state index in [1.54, 1.807) is 12.1 Å². The Bertz CT molecular complexity index is 1760. The van der Waals surface area contributed by atoms with Crippen LogP contribution in [0.5, 0.6) is 23.0 Å². The van der Waals surface area contributed by atoms with Gasteiger partial charge in [-0.1, -0.05) is 135 Å². The smallest absolute Gasteiger partial charge is 0.134 e. The molecule has 0 radical (unpaired) electrons. The monoisotopic (exact) mass is 564 g/mol. The van der Waals surface area contributed by atoms with E-state index >= 15 is 0 Å². The molecule has 4 nitrogen and oxygen atoms in total. The number of hydrogen-bond acceptors (Lipinski definition) is 4. The molecule has 0 spiro atoms. The van der Waals surface area contributed by atoms with Gasteiger partial charge in [0.05, 0.1) is 11.1 Å². The predicted octanol–water partition coefficient (Wildman–Crippen LogP) is 9.50. The van der Waals surface area contributed by atoms with Crippen molar-refractivity contribution in [2.75, 3.05) is 0 Å². The first-order chi connectivity index (χ1) is 20.8. The molecule has 0 atom stereocenters. The Morgan fingerprint density at radius 1 is 0.372 bits per heavy atom. The van der Waals surface area contributed by atoms with Gasteiger partial charge in [-0.05, 0) is 34.4 Å². The van der Waals surface area contributed by atoms with Gasteiger partial charge >= 0.3 is 0 Å². The Labute approximate surface area is 251 Å². The van der Waals surface area contributed by atoms with Crippen molar-refractivity contribution in [2.24, 2.45) is 0 Å². The Balaban J connectivity index is 1.68. The summed E-state index contributed by atoms with van der Waals surface area (Å²) in [5.41, 5.74) is 4.70. The number of rotatable bonds is 6. The zero-order chi connectivity index (χ0) is 30.1. The second kappa shape index (κ2) is 11.1. The lowest BCUT2D eigenvalue weighted by Crippen LogP contribution is -2.20. The molecule has 212 valence electrons. The number of aromatic hydroxyl groups is 4. The highest BCUT2D eigenvalue weighted by atomic mass is 16.3. The van der Waals surface area contributed by atoms with E-state index in [9.17, 15) is 20.4 Å². The van der Waals surface area contributed by atoms with Crippen molar-refractivity contribution in [2.45, 2.75) is 19.3 Å². The van der Waals surface area contributed by atoms with Crippen molar-refractivity contribution in [1.82, 2.24) is 0 Å². The van der Waals surface area contributed by atoms with Gasteiger partial charge in [0, 0.05) is 27.7 Å². The maximum Gasteiger partial charge on any atom is 0.134 e. The fraction of sp³-hybridized carbons (Fsp3) is 0.0769. The Morgan fingerprint density at radius 2 is 0.651 bits per heavy atom. The van der Waals surface area contributed by atoms with Crippen LogP contribution in [-0.2, 0) is 5.41 Å². The van der Waals surface area contributed by atoms with Crippen LogP contribution in [0.4, 0.5) is 0 Å². The Morgan fingerprint density at radius 3 is 0.953 bits per heavy atom. The van der Waals surface area contributed by atoms with Crippen molar-refractivity contribution in [1.29, 1.82) is 0 Å². The van der Waals surface area contributed by atoms with Gasteiger partial charge in [-0.15, -0.1) is 0 Å². The summed E-state index contributed by atoms with van der Waals surface area (Å²) in [5.74, 6) is -0.217. The van der Waals surface area contributed by atoms with Crippen LogP contribution < -0.4 is 0 Å². The van der Waals surface area contributed by atoms with Crippen LogP contribution in [-0.4, -0.2) is 20.4 Å². The largest absolute Gasteiger partial charge is 0.507 e. The zero-order valence-corrected chi connectivity index (χ0v) is 24.0. The van der Waals surface area contributed by atoms with Gasteiger partial charge in [-0.3, -0.25) is 0 Å². The maximum atomic E-state index is 11.9. The molecule has 4 heteroatoms. The van der Waals surface area contributed by atoms with Gasteiger partial charge < -0.3 is 20.4 Å². The van der Waals surface area contributed by atoms with Gasteiger partial charge in [-0.2, -0.15) is 0 Å². The molecular formula is C39H32O4. The molecule has 6 aromatic carbocycles. The van der Waals surface area contributed by atoms with E-state index in [2.05, 4.69) is 0 Å². The van der Waals surface area contributed by atoms with Crippen LogP contribution in [0.1, 0.15) is 25.0 Å². The molecule has 0 aliphatic carbocycles. The molecule has 6 rings (SSSR count). The summed E-state index contributed by atoms with van der Waals surface area (Å²) in [6.07, 6.45) is 0. The van der Waals surface area contributed by atoms with Crippen molar-refractivity contribution >= 4 is 0 Å². The summed E-state index contributed by atoms with van der Waals surface area (Å²) in [4.78, 5) is 0. The van der Waals surface area contributed by atoms with E-state index in [1.165, 1.54) is 0 Å².